The first-order valence-corrected chi connectivity index (χ1v) is 7.24. The number of likely N-dealkylation sites (tertiary alicyclic amines) is 2. The maximum atomic E-state index is 12.4. The van der Waals surface area contributed by atoms with E-state index < -0.39 is 0 Å². The molecule has 4 nitrogen and oxygen atoms in total. The second kappa shape index (κ2) is 6.40. The molecule has 106 valence electrons. The summed E-state index contributed by atoms with van der Waals surface area (Å²) >= 11 is 0. The third kappa shape index (κ3) is 3.49. The van der Waals surface area contributed by atoms with E-state index in [-0.39, 0.29) is 17.9 Å². The van der Waals surface area contributed by atoms with E-state index in [0.717, 1.165) is 38.9 Å². The van der Waals surface area contributed by atoms with Crippen LogP contribution in [0.15, 0.2) is 0 Å². The lowest BCUT2D eigenvalue weighted by Crippen LogP contribution is -2.49. The third-order valence-electron chi connectivity index (χ3n) is 4.48. The lowest BCUT2D eigenvalue weighted by molar-refractivity contribution is -0.141. The Kier molecular flexibility index (Phi) is 4.84. The number of amides is 1. The SMILES string of the molecule is C#CCN1CCC(C(=O)N2CCC(C)C(O)C2)CC1. The number of carbonyl (C=O) groups is 1. The second-order valence-corrected chi connectivity index (χ2v) is 5.87. The molecule has 1 N–H and O–H groups in total. The van der Waals surface area contributed by atoms with Crippen LogP contribution in [0.25, 0.3) is 0 Å². The monoisotopic (exact) mass is 264 g/mol. The molecule has 0 radical (unpaired) electrons. The van der Waals surface area contributed by atoms with Crippen molar-refractivity contribution in [3.05, 3.63) is 0 Å². The molecule has 2 atom stereocenters. The van der Waals surface area contributed by atoms with Crippen molar-refractivity contribution in [2.24, 2.45) is 11.8 Å². The summed E-state index contributed by atoms with van der Waals surface area (Å²) in [5.41, 5.74) is 0. The Bertz CT molecular complexity index is 356. The average molecular weight is 264 g/mol. The van der Waals surface area contributed by atoms with E-state index >= 15 is 0 Å². The number of hydrogen-bond donors (Lipinski definition) is 1. The van der Waals surface area contributed by atoms with Gasteiger partial charge in [0.15, 0.2) is 0 Å². The van der Waals surface area contributed by atoms with Crippen LogP contribution in [0, 0.1) is 24.2 Å². The molecule has 4 heteroatoms. The van der Waals surface area contributed by atoms with Gasteiger partial charge in [-0.05, 0) is 38.3 Å². The molecule has 19 heavy (non-hydrogen) atoms. The summed E-state index contributed by atoms with van der Waals surface area (Å²) in [6.45, 7) is 5.85. The summed E-state index contributed by atoms with van der Waals surface area (Å²) in [4.78, 5) is 16.5. The van der Waals surface area contributed by atoms with E-state index in [1.807, 2.05) is 11.8 Å². The van der Waals surface area contributed by atoms with Gasteiger partial charge in [0, 0.05) is 19.0 Å². The number of nitrogens with zero attached hydrogens (tertiary/aromatic N) is 2. The Balaban J connectivity index is 1.83. The molecular formula is C15H24N2O2. The van der Waals surface area contributed by atoms with Gasteiger partial charge in [-0.2, -0.15) is 0 Å². The highest BCUT2D eigenvalue weighted by Crippen LogP contribution is 2.23. The zero-order valence-electron chi connectivity index (χ0n) is 11.7. The molecule has 2 rings (SSSR count). The molecule has 0 aliphatic carbocycles. The number of aliphatic hydroxyl groups excluding tert-OH is 1. The number of terminal acetylenes is 1. The van der Waals surface area contributed by atoms with E-state index in [1.54, 1.807) is 0 Å². The van der Waals surface area contributed by atoms with Gasteiger partial charge in [-0.3, -0.25) is 9.69 Å². The standard InChI is InChI=1S/C15H24N2O2/c1-3-7-16-8-5-13(6-9-16)15(19)17-10-4-12(2)14(18)11-17/h1,12-14,18H,4-11H2,2H3. The zero-order valence-corrected chi connectivity index (χ0v) is 11.7. The maximum absolute atomic E-state index is 12.4. The van der Waals surface area contributed by atoms with Crippen molar-refractivity contribution in [1.29, 1.82) is 0 Å². The fourth-order valence-electron chi connectivity index (χ4n) is 2.97. The Morgan fingerprint density at radius 3 is 2.58 bits per heavy atom. The number of carbonyl (C=O) groups excluding carboxylic acids is 1. The van der Waals surface area contributed by atoms with Gasteiger partial charge in [0.1, 0.15) is 0 Å². The first-order valence-electron chi connectivity index (χ1n) is 7.24. The highest BCUT2D eigenvalue weighted by Gasteiger charge is 2.32. The Morgan fingerprint density at radius 1 is 1.32 bits per heavy atom. The van der Waals surface area contributed by atoms with Crippen molar-refractivity contribution in [3.63, 3.8) is 0 Å². The molecule has 0 spiro atoms. The van der Waals surface area contributed by atoms with Crippen LogP contribution in [0.2, 0.25) is 0 Å². The maximum Gasteiger partial charge on any atom is 0.225 e. The molecule has 2 aliphatic heterocycles. The average Bonchev–Trinajstić information content (AvgIpc) is 2.42. The van der Waals surface area contributed by atoms with Crippen LogP contribution >= 0.6 is 0 Å². The van der Waals surface area contributed by atoms with Crippen molar-refractivity contribution >= 4 is 5.91 Å². The zero-order chi connectivity index (χ0) is 13.8. The van der Waals surface area contributed by atoms with Crippen LogP contribution < -0.4 is 0 Å². The Labute approximate surface area is 115 Å². The van der Waals surface area contributed by atoms with E-state index in [1.165, 1.54) is 0 Å². The molecular weight excluding hydrogens is 240 g/mol. The van der Waals surface area contributed by atoms with Crippen LogP contribution in [-0.4, -0.2) is 59.6 Å². The fourth-order valence-corrected chi connectivity index (χ4v) is 2.97. The van der Waals surface area contributed by atoms with Crippen molar-refractivity contribution < 1.29 is 9.90 Å². The second-order valence-electron chi connectivity index (χ2n) is 5.87. The smallest absolute Gasteiger partial charge is 0.225 e. The lowest BCUT2D eigenvalue weighted by Gasteiger charge is -2.38. The van der Waals surface area contributed by atoms with Gasteiger partial charge in [0.05, 0.1) is 12.6 Å². The van der Waals surface area contributed by atoms with E-state index in [4.69, 9.17) is 6.42 Å². The topological polar surface area (TPSA) is 43.8 Å². The fraction of sp³-hybridized carbons (Fsp3) is 0.800. The van der Waals surface area contributed by atoms with Crippen LogP contribution in [0.1, 0.15) is 26.2 Å². The minimum atomic E-state index is -0.362. The van der Waals surface area contributed by atoms with Gasteiger partial charge in [-0.1, -0.05) is 12.8 Å². The lowest BCUT2D eigenvalue weighted by atomic mass is 9.91. The summed E-state index contributed by atoms with van der Waals surface area (Å²) < 4.78 is 0. The highest BCUT2D eigenvalue weighted by molar-refractivity contribution is 5.79. The van der Waals surface area contributed by atoms with Crippen molar-refractivity contribution in [2.45, 2.75) is 32.3 Å². The van der Waals surface area contributed by atoms with E-state index in [2.05, 4.69) is 10.8 Å². The molecule has 0 aromatic heterocycles. The van der Waals surface area contributed by atoms with Crippen molar-refractivity contribution in [2.75, 3.05) is 32.7 Å². The van der Waals surface area contributed by atoms with Crippen molar-refractivity contribution in [3.8, 4) is 12.3 Å². The van der Waals surface area contributed by atoms with Gasteiger partial charge in [0.25, 0.3) is 0 Å². The molecule has 2 saturated heterocycles. The summed E-state index contributed by atoms with van der Waals surface area (Å²) in [6, 6.07) is 0. The predicted molar refractivity (Wildman–Crippen MR) is 74.4 cm³/mol. The van der Waals surface area contributed by atoms with E-state index in [9.17, 15) is 9.90 Å². The van der Waals surface area contributed by atoms with E-state index in [0.29, 0.717) is 19.0 Å². The first kappa shape index (κ1) is 14.4. The van der Waals surface area contributed by atoms with Gasteiger partial charge >= 0.3 is 0 Å². The first-order chi connectivity index (χ1) is 9.11. The molecule has 0 saturated carbocycles. The normalized spacial score (nSPS) is 30.1. The van der Waals surface area contributed by atoms with Gasteiger partial charge in [-0.25, -0.2) is 0 Å². The largest absolute Gasteiger partial charge is 0.391 e. The number of β-amino-alcohol motifs (C(OH)–C–C–N with tert-alkyl or cyclic N) is 1. The van der Waals surface area contributed by atoms with Crippen LogP contribution in [-0.2, 0) is 4.79 Å². The molecule has 2 unspecified atom stereocenters. The number of rotatable bonds is 2. The minimum absolute atomic E-state index is 0.120. The van der Waals surface area contributed by atoms with Crippen LogP contribution in [0.5, 0.6) is 0 Å². The molecule has 2 heterocycles. The van der Waals surface area contributed by atoms with Crippen molar-refractivity contribution in [1.82, 2.24) is 9.80 Å². The Morgan fingerprint density at radius 2 is 2.00 bits per heavy atom. The molecule has 0 aromatic carbocycles. The van der Waals surface area contributed by atoms with Gasteiger partial charge < -0.3 is 10.0 Å². The van der Waals surface area contributed by atoms with Crippen LogP contribution in [0.3, 0.4) is 0 Å². The molecule has 2 aliphatic rings. The molecule has 0 bridgehead atoms. The summed E-state index contributed by atoms with van der Waals surface area (Å²) in [7, 11) is 0. The molecule has 0 aromatic rings. The summed E-state index contributed by atoms with van der Waals surface area (Å²) in [5.74, 6) is 3.31. The summed E-state index contributed by atoms with van der Waals surface area (Å²) in [5, 5.41) is 9.88. The third-order valence-corrected chi connectivity index (χ3v) is 4.48. The number of hydrogen-bond acceptors (Lipinski definition) is 3. The van der Waals surface area contributed by atoms with Gasteiger partial charge in [-0.15, -0.1) is 6.42 Å². The quantitative estimate of drug-likeness (QED) is 0.741. The summed E-state index contributed by atoms with van der Waals surface area (Å²) in [6.07, 6.45) is 7.63. The van der Waals surface area contributed by atoms with Gasteiger partial charge in [0.2, 0.25) is 5.91 Å². The molecule has 1 amide bonds. The number of aliphatic hydroxyl groups is 1. The number of piperidine rings is 2. The minimum Gasteiger partial charge on any atom is -0.391 e. The van der Waals surface area contributed by atoms with Crippen LogP contribution in [0.4, 0.5) is 0 Å². The molecule has 2 fully saturated rings. The Hall–Kier alpha value is -1.05. The highest BCUT2D eigenvalue weighted by atomic mass is 16.3. The predicted octanol–water partition coefficient (Wildman–Crippen LogP) is 0.561.